The first kappa shape index (κ1) is 17.1. The molecule has 1 N–H and O–H groups in total. The van der Waals surface area contributed by atoms with Crippen LogP contribution in [0.25, 0.3) is 0 Å². The molecule has 5 heteroatoms. The number of nitrogens with one attached hydrogen (secondary N) is 1. The maximum absolute atomic E-state index is 4.86. The van der Waals surface area contributed by atoms with Gasteiger partial charge in [-0.1, -0.05) is 13.8 Å². The zero-order chi connectivity index (χ0) is 15.2. The third-order valence-electron chi connectivity index (χ3n) is 3.95. The van der Waals surface area contributed by atoms with E-state index in [4.69, 9.17) is 9.97 Å². The number of aryl methyl sites for hydroxylation is 2. The van der Waals surface area contributed by atoms with Crippen molar-refractivity contribution in [1.82, 2.24) is 15.3 Å². The molecule has 2 rings (SSSR count). The molecule has 0 aliphatic carbocycles. The molecule has 0 spiro atoms. The van der Waals surface area contributed by atoms with E-state index in [2.05, 4.69) is 44.8 Å². The molecule has 2 unspecified atom stereocenters. The first-order valence-corrected chi connectivity index (χ1v) is 10.0. The van der Waals surface area contributed by atoms with Crippen molar-refractivity contribution in [3.8, 4) is 0 Å². The van der Waals surface area contributed by atoms with Gasteiger partial charge in [0.15, 0.2) is 0 Å². The van der Waals surface area contributed by atoms with Gasteiger partial charge in [-0.25, -0.2) is 9.97 Å². The second kappa shape index (κ2) is 8.39. The lowest BCUT2D eigenvalue weighted by Gasteiger charge is -2.29. The van der Waals surface area contributed by atoms with Crippen molar-refractivity contribution < 1.29 is 0 Å². The summed E-state index contributed by atoms with van der Waals surface area (Å²) in [5.41, 5.74) is 3.66. The Balaban J connectivity index is 2.18. The standard InChI is InChI=1S/C16H27N3S2/c1-5-14-15(21-10-9-20-14)16-18-11(3)13(12(4)19-16)7-8-17-6-2/h14-15,17H,5-10H2,1-4H3. The van der Waals surface area contributed by atoms with Crippen LogP contribution >= 0.6 is 23.5 Å². The van der Waals surface area contributed by atoms with E-state index in [0.717, 1.165) is 25.3 Å². The number of hydrogen-bond acceptors (Lipinski definition) is 5. The highest BCUT2D eigenvalue weighted by molar-refractivity contribution is 8.06. The summed E-state index contributed by atoms with van der Waals surface area (Å²) in [6.45, 7) is 10.7. The van der Waals surface area contributed by atoms with Gasteiger partial charge >= 0.3 is 0 Å². The number of aromatic nitrogens is 2. The van der Waals surface area contributed by atoms with Gasteiger partial charge in [0.25, 0.3) is 0 Å². The van der Waals surface area contributed by atoms with E-state index in [0.29, 0.717) is 10.5 Å². The van der Waals surface area contributed by atoms with E-state index in [9.17, 15) is 0 Å². The van der Waals surface area contributed by atoms with E-state index in [-0.39, 0.29) is 0 Å². The van der Waals surface area contributed by atoms with Crippen molar-refractivity contribution in [1.29, 1.82) is 0 Å². The largest absolute Gasteiger partial charge is 0.317 e. The lowest BCUT2D eigenvalue weighted by atomic mass is 10.1. The molecule has 0 amide bonds. The Hall–Kier alpha value is -0.260. The molecule has 0 saturated carbocycles. The fourth-order valence-electron chi connectivity index (χ4n) is 2.79. The Bertz CT molecular complexity index is 442. The minimum atomic E-state index is 0.467. The molecule has 0 bridgehead atoms. The van der Waals surface area contributed by atoms with Crippen LogP contribution < -0.4 is 5.32 Å². The van der Waals surface area contributed by atoms with Gasteiger partial charge in [-0.2, -0.15) is 11.8 Å². The van der Waals surface area contributed by atoms with Crippen LogP contribution in [0.15, 0.2) is 0 Å². The first-order valence-electron chi connectivity index (χ1n) is 7.95. The molecule has 1 aromatic heterocycles. The van der Waals surface area contributed by atoms with Crippen LogP contribution in [0.2, 0.25) is 0 Å². The van der Waals surface area contributed by atoms with Gasteiger partial charge in [0.1, 0.15) is 5.82 Å². The Morgan fingerprint density at radius 2 is 1.76 bits per heavy atom. The molecule has 2 atom stereocenters. The van der Waals surface area contributed by atoms with E-state index >= 15 is 0 Å². The number of thioether (sulfide) groups is 2. The summed E-state index contributed by atoms with van der Waals surface area (Å²) in [6.07, 6.45) is 2.22. The van der Waals surface area contributed by atoms with Crippen LogP contribution in [0.3, 0.4) is 0 Å². The van der Waals surface area contributed by atoms with Crippen molar-refractivity contribution in [2.75, 3.05) is 24.6 Å². The van der Waals surface area contributed by atoms with Gasteiger partial charge < -0.3 is 5.32 Å². The predicted octanol–water partition coefficient (Wildman–Crippen LogP) is 3.55. The molecule has 2 heterocycles. The SMILES string of the molecule is CCNCCc1c(C)nc(C2SCCSC2CC)nc1C. The fourth-order valence-corrected chi connectivity index (χ4v) is 5.78. The molecular formula is C16H27N3S2. The number of rotatable bonds is 6. The quantitative estimate of drug-likeness (QED) is 0.810. The summed E-state index contributed by atoms with van der Waals surface area (Å²) in [4.78, 5) is 9.72. The van der Waals surface area contributed by atoms with Crippen LogP contribution in [-0.2, 0) is 6.42 Å². The van der Waals surface area contributed by atoms with Crippen LogP contribution in [0, 0.1) is 13.8 Å². The molecular weight excluding hydrogens is 298 g/mol. The minimum absolute atomic E-state index is 0.467. The highest BCUT2D eigenvalue weighted by Gasteiger charge is 2.29. The molecule has 1 aromatic rings. The van der Waals surface area contributed by atoms with Crippen LogP contribution in [0.4, 0.5) is 0 Å². The summed E-state index contributed by atoms with van der Waals surface area (Å²) in [6, 6.07) is 0. The lowest BCUT2D eigenvalue weighted by molar-refractivity contribution is 0.696. The Morgan fingerprint density at radius 1 is 1.10 bits per heavy atom. The molecule has 1 aliphatic heterocycles. The molecule has 0 radical (unpaired) electrons. The molecule has 1 aliphatic rings. The van der Waals surface area contributed by atoms with Crippen LogP contribution in [-0.4, -0.2) is 39.8 Å². The number of likely N-dealkylation sites (N-methyl/N-ethyl adjacent to an activating group) is 1. The topological polar surface area (TPSA) is 37.8 Å². The highest BCUT2D eigenvalue weighted by Crippen LogP contribution is 2.42. The zero-order valence-electron chi connectivity index (χ0n) is 13.6. The van der Waals surface area contributed by atoms with E-state index in [1.165, 1.54) is 34.9 Å². The Kier molecular flexibility index (Phi) is 6.83. The number of hydrogen-bond donors (Lipinski definition) is 1. The van der Waals surface area contributed by atoms with Crippen molar-refractivity contribution in [3.05, 3.63) is 22.8 Å². The van der Waals surface area contributed by atoms with Crippen molar-refractivity contribution in [2.24, 2.45) is 0 Å². The summed E-state index contributed by atoms with van der Waals surface area (Å²) in [5.74, 6) is 3.54. The van der Waals surface area contributed by atoms with Gasteiger partial charge in [-0.15, -0.1) is 11.8 Å². The van der Waals surface area contributed by atoms with Crippen LogP contribution in [0.5, 0.6) is 0 Å². The normalized spacial score (nSPS) is 22.5. The third kappa shape index (κ3) is 4.36. The summed E-state index contributed by atoms with van der Waals surface area (Å²) in [7, 11) is 0. The van der Waals surface area contributed by atoms with Gasteiger partial charge in [-0.05, 0) is 45.3 Å². The van der Waals surface area contributed by atoms with E-state index in [1.54, 1.807) is 0 Å². The van der Waals surface area contributed by atoms with Gasteiger partial charge in [-0.3, -0.25) is 0 Å². The minimum Gasteiger partial charge on any atom is -0.317 e. The second-order valence-corrected chi connectivity index (χ2v) is 8.04. The van der Waals surface area contributed by atoms with Gasteiger partial charge in [0, 0.05) is 28.1 Å². The fraction of sp³-hybridized carbons (Fsp3) is 0.750. The summed E-state index contributed by atoms with van der Waals surface area (Å²) < 4.78 is 0. The summed E-state index contributed by atoms with van der Waals surface area (Å²) in [5, 5.41) is 4.51. The highest BCUT2D eigenvalue weighted by atomic mass is 32.2. The van der Waals surface area contributed by atoms with Gasteiger partial charge in [0.05, 0.1) is 5.25 Å². The zero-order valence-corrected chi connectivity index (χ0v) is 15.2. The van der Waals surface area contributed by atoms with E-state index < -0.39 is 0 Å². The Labute approximate surface area is 137 Å². The first-order chi connectivity index (χ1) is 10.2. The Morgan fingerprint density at radius 3 is 2.38 bits per heavy atom. The van der Waals surface area contributed by atoms with Gasteiger partial charge in [0.2, 0.25) is 0 Å². The average Bonchev–Trinajstić information content (AvgIpc) is 2.49. The maximum Gasteiger partial charge on any atom is 0.142 e. The molecule has 1 saturated heterocycles. The summed E-state index contributed by atoms with van der Waals surface area (Å²) >= 11 is 4.12. The smallest absolute Gasteiger partial charge is 0.142 e. The van der Waals surface area contributed by atoms with Crippen molar-refractivity contribution in [3.63, 3.8) is 0 Å². The lowest BCUT2D eigenvalue weighted by Crippen LogP contribution is -2.22. The molecule has 118 valence electrons. The van der Waals surface area contributed by atoms with E-state index in [1.807, 2.05) is 11.8 Å². The number of nitrogens with zero attached hydrogens (tertiary/aromatic N) is 2. The molecule has 3 nitrogen and oxygen atoms in total. The predicted molar refractivity (Wildman–Crippen MR) is 95.5 cm³/mol. The van der Waals surface area contributed by atoms with Crippen molar-refractivity contribution in [2.45, 2.75) is 51.0 Å². The van der Waals surface area contributed by atoms with Crippen molar-refractivity contribution >= 4 is 23.5 Å². The third-order valence-corrected chi connectivity index (χ3v) is 7.19. The molecule has 1 fully saturated rings. The maximum atomic E-state index is 4.86. The monoisotopic (exact) mass is 325 g/mol. The molecule has 21 heavy (non-hydrogen) atoms. The molecule has 0 aromatic carbocycles. The second-order valence-electron chi connectivity index (χ2n) is 5.44. The average molecular weight is 326 g/mol. The van der Waals surface area contributed by atoms with Crippen LogP contribution in [0.1, 0.15) is 48.3 Å².